The number of aromatic nitrogens is 1. The van der Waals surface area contributed by atoms with Crippen molar-refractivity contribution >= 4 is 33.9 Å². The molecule has 0 aliphatic carbocycles. The van der Waals surface area contributed by atoms with E-state index in [0.717, 1.165) is 11.3 Å². The summed E-state index contributed by atoms with van der Waals surface area (Å²) < 4.78 is 10.1. The predicted molar refractivity (Wildman–Crippen MR) is 104 cm³/mol. The largest absolute Gasteiger partial charge is 0.497 e. The third-order valence-corrected chi connectivity index (χ3v) is 4.52. The molecule has 0 amide bonds. The standard InChI is InChI=1S/C20H18N2O4S/c1-13-3-7-15(8-4-13)21-20-22-17(12-27-20)19(24)26-11-18(23)14-5-9-16(25-2)10-6-14/h3-10,12H,11H2,1-2H3,(H,21,22). The Morgan fingerprint density at radius 1 is 1.07 bits per heavy atom. The Morgan fingerprint density at radius 2 is 1.78 bits per heavy atom. The lowest BCUT2D eigenvalue weighted by Crippen LogP contribution is -2.14. The first-order valence-electron chi connectivity index (χ1n) is 8.19. The van der Waals surface area contributed by atoms with Crippen LogP contribution in [0.1, 0.15) is 26.4 Å². The molecule has 1 aromatic heterocycles. The van der Waals surface area contributed by atoms with Gasteiger partial charge in [0.05, 0.1) is 7.11 Å². The van der Waals surface area contributed by atoms with Crippen LogP contribution in [0.5, 0.6) is 5.75 Å². The molecule has 2 aromatic carbocycles. The number of nitrogens with one attached hydrogen (secondary N) is 1. The van der Waals surface area contributed by atoms with Crippen molar-refractivity contribution in [1.82, 2.24) is 4.98 Å². The van der Waals surface area contributed by atoms with Gasteiger partial charge in [-0.2, -0.15) is 0 Å². The molecule has 1 heterocycles. The maximum atomic E-state index is 12.1. The number of carbonyl (C=O) groups excluding carboxylic acids is 2. The SMILES string of the molecule is COc1ccc(C(=O)COC(=O)c2csc(Nc3ccc(C)cc3)n2)cc1. The maximum Gasteiger partial charge on any atom is 0.358 e. The smallest absolute Gasteiger partial charge is 0.358 e. The first-order valence-corrected chi connectivity index (χ1v) is 9.07. The van der Waals surface area contributed by atoms with Crippen molar-refractivity contribution in [1.29, 1.82) is 0 Å². The molecule has 0 spiro atoms. The van der Waals surface area contributed by atoms with Gasteiger partial charge in [-0.1, -0.05) is 17.7 Å². The van der Waals surface area contributed by atoms with Gasteiger partial charge >= 0.3 is 5.97 Å². The molecule has 0 saturated carbocycles. The number of anilines is 2. The molecule has 1 N–H and O–H groups in total. The number of benzene rings is 2. The van der Waals surface area contributed by atoms with Crippen LogP contribution in [0.4, 0.5) is 10.8 Å². The Bertz CT molecular complexity index is 933. The van der Waals surface area contributed by atoms with E-state index in [1.54, 1.807) is 36.8 Å². The molecule has 6 nitrogen and oxygen atoms in total. The van der Waals surface area contributed by atoms with Gasteiger partial charge in [0.1, 0.15) is 5.75 Å². The summed E-state index contributed by atoms with van der Waals surface area (Å²) in [6.07, 6.45) is 0. The summed E-state index contributed by atoms with van der Waals surface area (Å²) in [5, 5.41) is 5.30. The van der Waals surface area contributed by atoms with Crippen LogP contribution in [-0.2, 0) is 4.74 Å². The minimum atomic E-state index is -0.634. The molecule has 138 valence electrons. The normalized spacial score (nSPS) is 10.3. The molecule has 3 aromatic rings. The third-order valence-electron chi connectivity index (χ3n) is 3.76. The van der Waals surface area contributed by atoms with Crippen LogP contribution in [0.25, 0.3) is 0 Å². The van der Waals surface area contributed by atoms with Crippen LogP contribution in [-0.4, -0.2) is 30.5 Å². The van der Waals surface area contributed by atoms with Crippen LogP contribution in [0, 0.1) is 6.92 Å². The Labute approximate surface area is 160 Å². The number of rotatable bonds is 7. The lowest BCUT2D eigenvalue weighted by Gasteiger charge is -2.04. The highest BCUT2D eigenvalue weighted by atomic mass is 32.1. The summed E-state index contributed by atoms with van der Waals surface area (Å²) in [7, 11) is 1.55. The van der Waals surface area contributed by atoms with E-state index in [0.29, 0.717) is 16.4 Å². The first kappa shape index (κ1) is 18.6. The second kappa shape index (κ2) is 8.46. The van der Waals surface area contributed by atoms with E-state index < -0.39 is 5.97 Å². The van der Waals surface area contributed by atoms with Gasteiger partial charge in [-0.15, -0.1) is 11.3 Å². The molecule has 0 saturated heterocycles. The lowest BCUT2D eigenvalue weighted by atomic mass is 10.1. The fourth-order valence-electron chi connectivity index (χ4n) is 2.25. The van der Waals surface area contributed by atoms with Gasteiger partial charge in [0, 0.05) is 16.6 Å². The quantitative estimate of drug-likeness (QED) is 0.486. The van der Waals surface area contributed by atoms with E-state index in [9.17, 15) is 9.59 Å². The van der Waals surface area contributed by atoms with Gasteiger partial charge in [0.2, 0.25) is 0 Å². The number of hydrogen-bond donors (Lipinski definition) is 1. The van der Waals surface area contributed by atoms with Crippen LogP contribution in [0.3, 0.4) is 0 Å². The van der Waals surface area contributed by atoms with Gasteiger partial charge in [0.25, 0.3) is 0 Å². The molecule has 0 unspecified atom stereocenters. The Morgan fingerprint density at radius 3 is 2.44 bits per heavy atom. The Kier molecular flexibility index (Phi) is 5.83. The average molecular weight is 382 g/mol. The van der Waals surface area contributed by atoms with Crippen LogP contribution in [0.2, 0.25) is 0 Å². The summed E-state index contributed by atoms with van der Waals surface area (Å²) in [6, 6.07) is 14.4. The summed E-state index contributed by atoms with van der Waals surface area (Å²) >= 11 is 1.29. The topological polar surface area (TPSA) is 77.5 Å². The summed E-state index contributed by atoms with van der Waals surface area (Å²) in [4.78, 5) is 28.4. The number of nitrogens with zero attached hydrogens (tertiary/aromatic N) is 1. The van der Waals surface area contributed by atoms with Crippen molar-refractivity contribution in [2.24, 2.45) is 0 Å². The Hall–Kier alpha value is -3.19. The second-order valence-electron chi connectivity index (χ2n) is 5.76. The highest BCUT2D eigenvalue weighted by Gasteiger charge is 2.15. The van der Waals surface area contributed by atoms with Crippen molar-refractivity contribution < 1.29 is 19.1 Å². The number of ketones is 1. The van der Waals surface area contributed by atoms with Crippen LogP contribution >= 0.6 is 11.3 Å². The number of Topliss-reactive ketones (excluding diaryl/α,β-unsaturated/α-hetero) is 1. The molecule has 0 aliphatic heterocycles. The monoisotopic (exact) mass is 382 g/mol. The van der Waals surface area contributed by atoms with Gasteiger partial charge in [-0.3, -0.25) is 4.79 Å². The lowest BCUT2D eigenvalue weighted by molar-refractivity contribution is 0.0470. The highest BCUT2D eigenvalue weighted by Crippen LogP contribution is 2.21. The van der Waals surface area contributed by atoms with Crippen LogP contribution < -0.4 is 10.1 Å². The fourth-order valence-corrected chi connectivity index (χ4v) is 2.95. The Balaban J connectivity index is 1.55. The molecular weight excluding hydrogens is 364 g/mol. The summed E-state index contributed by atoms with van der Waals surface area (Å²) in [6.45, 7) is 1.66. The summed E-state index contributed by atoms with van der Waals surface area (Å²) in [5.41, 5.74) is 2.65. The molecule has 0 aliphatic rings. The molecular formula is C20H18N2O4S. The zero-order valence-electron chi connectivity index (χ0n) is 14.9. The molecule has 0 bridgehead atoms. The van der Waals surface area contributed by atoms with E-state index in [1.165, 1.54) is 11.3 Å². The predicted octanol–water partition coefficient (Wildman–Crippen LogP) is 4.24. The van der Waals surface area contributed by atoms with E-state index in [4.69, 9.17) is 9.47 Å². The van der Waals surface area contributed by atoms with Crippen LogP contribution in [0.15, 0.2) is 53.9 Å². The fraction of sp³-hybridized carbons (Fsp3) is 0.150. The number of ether oxygens (including phenoxy) is 2. The first-order chi connectivity index (χ1) is 13.0. The van der Waals surface area contributed by atoms with E-state index >= 15 is 0 Å². The van der Waals surface area contributed by atoms with Gasteiger partial charge in [-0.05, 0) is 43.3 Å². The van der Waals surface area contributed by atoms with Gasteiger partial charge in [-0.25, -0.2) is 9.78 Å². The zero-order chi connectivity index (χ0) is 19.2. The molecule has 0 atom stereocenters. The number of thiazole rings is 1. The zero-order valence-corrected chi connectivity index (χ0v) is 15.7. The third kappa shape index (κ3) is 4.92. The van der Waals surface area contributed by atoms with Gasteiger partial charge in [0.15, 0.2) is 23.2 Å². The molecule has 7 heteroatoms. The minimum absolute atomic E-state index is 0.164. The molecule has 0 radical (unpaired) electrons. The molecule has 0 fully saturated rings. The number of esters is 1. The summed E-state index contributed by atoms with van der Waals surface area (Å²) in [5.74, 6) is -0.274. The van der Waals surface area contributed by atoms with E-state index in [2.05, 4.69) is 10.3 Å². The number of aryl methyl sites for hydroxylation is 1. The van der Waals surface area contributed by atoms with Crippen molar-refractivity contribution in [2.45, 2.75) is 6.92 Å². The average Bonchev–Trinajstić information content (AvgIpc) is 3.16. The van der Waals surface area contributed by atoms with Crippen molar-refractivity contribution in [3.05, 3.63) is 70.7 Å². The molecule has 27 heavy (non-hydrogen) atoms. The van der Waals surface area contributed by atoms with Crippen molar-refractivity contribution in [3.63, 3.8) is 0 Å². The maximum absolute atomic E-state index is 12.1. The number of carbonyl (C=O) groups is 2. The van der Waals surface area contributed by atoms with Gasteiger partial charge < -0.3 is 14.8 Å². The van der Waals surface area contributed by atoms with E-state index in [-0.39, 0.29) is 18.1 Å². The van der Waals surface area contributed by atoms with Crippen molar-refractivity contribution in [3.8, 4) is 5.75 Å². The second-order valence-corrected chi connectivity index (χ2v) is 6.61. The van der Waals surface area contributed by atoms with Crippen molar-refractivity contribution in [2.75, 3.05) is 19.0 Å². The number of methoxy groups -OCH3 is 1. The van der Waals surface area contributed by atoms with E-state index in [1.807, 2.05) is 31.2 Å². The minimum Gasteiger partial charge on any atom is -0.497 e. The highest BCUT2D eigenvalue weighted by molar-refractivity contribution is 7.14. The molecule has 3 rings (SSSR count). The number of hydrogen-bond acceptors (Lipinski definition) is 7.